The van der Waals surface area contributed by atoms with Gasteiger partial charge in [0.1, 0.15) is 18.2 Å². The van der Waals surface area contributed by atoms with Gasteiger partial charge in [-0.05, 0) is 31.0 Å². The van der Waals surface area contributed by atoms with Gasteiger partial charge in [0.15, 0.2) is 0 Å². The molecule has 1 unspecified atom stereocenters. The van der Waals surface area contributed by atoms with Gasteiger partial charge in [-0.3, -0.25) is 0 Å². The van der Waals surface area contributed by atoms with E-state index in [-0.39, 0.29) is 11.9 Å². The van der Waals surface area contributed by atoms with Crippen molar-refractivity contribution in [3.63, 3.8) is 0 Å². The van der Waals surface area contributed by atoms with E-state index in [1.807, 2.05) is 38.1 Å². The molecule has 2 aromatic carbocycles. The third-order valence-electron chi connectivity index (χ3n) is 3.07. The van der Waals surface area contributed by atoms with Gasteiger partial charge in [-0.15, -0.1) is 0 Å². The minimum atomic E-state index is -0.301. The van der Waals surface area contributed by atoms with Crippen molar-refractivity contribution in [3.8, 4) is 5.75 Å². The van der Waals surface area contributed by atoms with E-state index in [0.717, 1.165) is 11.1 Å². The van der Waals surface area contributed by atoms with Crippen LogP contribution in [0.5, 0.6) is 5.75 Å². The molecule has 19 heavy (non-hydrogen) atoms. The van der Waals surface area contributed by atoms with Crippen LogP contribution < -0.4 is 10.5 Å². The van der Waals surface area contributed by atoms with Crippen molar-refractivity contribution in [1.29, 1.82) is 0 Å². The van der Waals surface area contributed by atoms with Crippen molar-refractivity contribution in [3.05, 3.63) is 65.0 Å². The highest BCUT2D eigenvalue weighted by Crippen LogP contribution is 2.20. The zero-order valence-electron chi connectivity index (χ0n) is 11.2. The summed E-state index contributed by atoms with van der Waals surface area (Å²) in [4.78, 5) is 0. The molecule has 2 N–H and O–H groups in total. The highest BCUT2D eigenvalue weighted by molar-refractivity contribution is 5.33. The first-order chi connectivity index (χ1) is 9.06. The zero-order valence-corrected chi connectivity index (χ0v) is 11.2. The molecule has 0 aliphatic rings. The van der Waals surface area contributed by atoms with Crippen LogP contribution >= 0.6 is 0 Å². The van der Waals surface area contributed by atoms with E-state index in [1.165, 1.54) is 17.7 Å². The van der Waals surface area contributed by atoms with Crippen LogP contribution in [-0.2, 0) is 0 Å². The third kappa shape index (κ3) is 3.55. The van der Waals surface area contributed by atoms with Gasteiger partial charge in [0.25, 0.3) is 0 Å². The summed E-state index contributed by atoms with van der Waals surface area (Å²) in [7, 11) is 0. The molecule has 0 fully saturated rings. The van der Waals surface area contributed by atoms with Crippen LogP contribution in [0.1, 0.15) is 22.7 Å². The molecule has 0 spiro atoms. The van der Waals surface area contributed by atoms with Crippen LogP contribution in [0.3, 0.4) is 0 Å². The molecule has 2 aromatic rings. The number of halogens is 1. The minimum Gasteiger partial charge on any atom is -0.491 e. The van der Waals surface area contributed by atoms with Gasteiger partial charge in [-0.1, -0.05) is 35.9 Å². The maximum absolute atomic E-state index is 13.1. The summed E-state index contributed by atoms with van der Waals surface area (Å²) in [5.41, 5.74) is 9.17. The number of ether oxygens (including phenoxy) is 1. The molecule has 100 valence electrons. The van der Waals surface area contributed by atoms with Crippen LogP contribution in [0.4, 0.5) is 4.39 Å². The van der Waals surface area contributed by atoms with Gasteiger partial charge in [0, 0.05) is 6.07 Å². The second-order valence-corrected chi connectivity index (χ2v) is 4.74. The number of hydrogen-bond donors (Lipinski definition) is 1. The van der Waals surface area contributed by atoms with Crippen molar-refractivity contribution in [1.82, 2.24) is 0 Å². The van der Waals surface area contributed by atoms with E-state index >= 15 is 0 Å². The standard InChI is InChI=1S/C16H18FNO/c1-11-3-6-13(7-4-11)15(18)10-19-16-9-14(17)8-5-12(16)2/h3-9,15H,10,18H2,1-2H3. The zero-order chi connectivity index (χ0) is 13.8. The van der Waals surface area contributed by atoms with E-state index < -0.39 is 0 Å². The number of aryl methyl sites for hydroxylation is 2. The van der Waals surface area contributed by atoms with Gasteiger partial charge in [-0.2, -0.15) is 0 Å². The Morgan fingerprint density at radius 1 is 1.11 bits per heavy atom. The first kappa shape index (κ1) is 13.6. The largest absolute Gasteiger partial charge is 0.491 e. The van der Waals surface area contributed by atoms with Crippen LogP contribution in [0.15, 0.2) is 42.5 Å². The number of rotatable bonds is 4. The first-order valence-corrected chi connectivity index (χ1v) is 6.27. The molecule has 0 saturated heterocycles. The average molecular weight is 259 g/mol. The van der Waals surface area contributed by atoms with Gasteiger partial charge in [0.2, 0.25) is 0 Å². The molecule has 2 nitrogen and oxygen atoms in total. The SMILES string of the molecule is Cc1ccc(C(N)COc2cc(F)ccc2C)cc1. The van der Waals surface area contributed by atoms with Crippen molar-refractivity contribution < 1.29 is 9.13 Å². The molecule has 1 atom stereocenters. The Hall–Kier alpha value is -1.87. The molecule has 0 heterocycles. The Bertz CT molecular complexity index is 551. The fraction of sp³-hybridized carbons (Fsp3) is 0.250. The topological polar surface area (TPSA) is 35.2 Å². The molecule has 2 rings (SSSR count). The fourth-order valence-electron chi connectivity index (χ4n) is 1.82. The maximum atomic E-state index is 13.1. The van der Waals surface area contributed by atoms with Gasteiger partial charge in [0.05, 0.1) is 6.04 Å². The lowest BCUT2D eigenvalue weighted by Crippen LogP contribution is -2.19. The van der Waals surface area contributed by atoms with Crippen molar-refractivity contribution in [2.75, 3.05) is 6.61 Å². The van der Waals surface area contributed by atoms with E-state index in [4.69, 9.17) is 10.5 Å². The number of benzene rings is 2. The Labute approximate surface area is 113 Å². The van der Waals surface area contributed by atoms with Crippen molar-refractivity contribution in [2.45, 2.75) is 19.9 Å². The van der Waals surface area contributed by atoms with Crippen LogP contribution in [0.25, 0.3) is 0 Å². The second kappa shape index (κ2) is 5.85. The molecular weight excluding hydrogens is 241 g/mol. The smallest absolute Gasteiger partial charge is 0.126 e. The Morgan fingerprint density at radius 3 is 2.47 bits per heavy atom. The Balaban J connectivity index is 2.02. The predicted molar refractivity (Wildman–Crippen MR) is 74.7 cm³/mol. The molecule has 0 radical (unpaired) electrons. The molecule has 0 aliphatic carbocycles. The van der Waals surface area contributed by atoms with Crippen molar-refractivity contribution >= 4 is 0 Å². The van der Waals surface area contributed by atoms with E-state index in [0.29, 0.717) is 12.4 Å². The van der Waals surface area contributed by atoms with Crippen LogP contribution in [-0.4, -0.2) is 6.61 Å². The summed E-state index contributed by atoms with van der Waals surface area (Å²) >= 11 is 0. The lowest BCUT2D eigenvalue weighted by molar-refractivity contribution is 0.287. The quantitative estimate of drug-likeness (QED) is 0.911. The molecule has 3 heteroatoms. The van der Waals surface area contributed by atoms with Crippen LogP contribution in [0, 0.1) is 19.7 Å². The van der Waals surface area contributed by atoms with Gasteiger partial charge in [-0.25, -0.2) is 4.39 Å². The normalized spacial score (nSPS) is 12.2. The van der Waals surface area contributed by atoms with Crippen LogP contribution in [0.2, 0.25) is 0 Å². The molecule has 0 aliphatic heterocycles. The third-order valence-corrected chi connectivity index (χ3v) is 3.07. The van der Waals surface area contributed by atoms with E-state index in [1.54, 1.807) is 6.07 Å². The highest BCUT2D eigenvalue weighted by Gasteiger charge is 2.08. The number of nitrogens with two attached hydrogens (primary N) is 1. The Morgan fingerprint density at radius 2 is 1.79 bits per heavy atom. The fourth-order valence-corrected chi connectivity index (χ4v) is 1.82. The molecule has 0 aromatic heterocycles. The van der Waals surface area contributed by atoms with Gasteiger partial charge < -0.3 is 10.5 Å². The molecular formula is C16H18FNO. The minimum absolute atomic E-state index is 0.219. The second-order valence-electron chi connectivity index (χ2n) is 4.74. The summed E-state index contributed by atoms with van der Waals surface area (Å²) in [6.45, 7) is 4.24. The average Bonchev–Trinajstić information content (AvgIpc) is 2.40. The molecule has 0 amide bonds. The van der Waals surface area contributed by atoms with Crippen molar-refractivity contribution in [2.24, 2.45) is 5.73 Å². The summed E-state index contributed by atoms with van der Waals surface area (Å²) in [6, 6.07) is 12.3. The lowest BCUT2D eigenvalue weighted by atomic mass is 10.1. The number of hydrogen-bond acceptors (Lipinski definition) is 2. The van der Waals surface area contributed by atoms with Gasteiger partial charge >= 0.3 is 0 Å². The molecule has 0 bridgehead atoms. The maximum Gasteiger partial charge on any atom is 0.126 e. The first-order valence-electron chi connectivity index (χ1n) is 6.27. The summed E-state index contributed by atoms with van der Waals surface area (Å²) < 4.78 is 18.7. The van der Waals surface area contributed by atoms with E-state index in [9.17, 15) is 4.39 Å². The monoisotopic (exact) mass is 259 g/mol. The summed E-state index contributed by atoms with van der Waals surface area (Å²) in [6.07, 6.45) is 0. The molecule has 0 saturated carbocycles. The van der Waals surface area contributed by atoms with E-state index in [2.05, 4.69) is 0 Å². The predicted octanol–water partition coefficient (Wildman–Crippen LogP) is 3.52. The highest BCUT2D eigenvalue weighted by atomic mass is 19.1. The Kier molecular flexibility index (Phi) is 4.17. The summed E-state index contributed by atoms with van der Waals surface area (Å²) in [5, 5.41) is 0. The lowest BCUT2D eigenvalue weighted by Gasteiger charge is -2.15. The summed E-state index contributed by atoms with van der Waals surface area (Å²) in [5.74, 6) is 0.243.